The van der Waals surface area contributed by atoms with Gasteiger partial charge in [-0.1, -0.05) is 38.8 Å². The van der Waals surface area contributed by atoms with E-state index in [2.05, 4.69) is 36.4 Å². The number of halogens is 1. The topological polar surface area (TPSA) is 69.6 Å². The van der Waals surface area contributed by atoms with Crippen molar-refractivity contribution in [3.8, 4) is 11.5 Å². The number of hydrogen-bond donors (Lipinski definition) is 0. The lowest BCUT2D eigenvalue weighted by Crippen LogP contribution is -2.00. The number of aryl methyl sites for hydroxylation is 1. The predicted molar refractivity (Wildman–Crippen MR) is 76.2 cm³/mol. The molecule has 0 aliphatic carbocycles. The lowest BCUT2D eigenvalue weighted by molar-refractivity contribution is 0.469. The zero-order valence-corrected chi connectivity index (χ0v) is 12.4. The van der Waals surface area contributed by atoms with Crippen LogP contribution in [0.1, 0.15) is 17.1 Å². The van der Waals surface area contributed by atoms with Crippen molar-refractivity contribution in [3.05, 3.63) is 47.6 Å². The van der Waals surface area contributed by atoms with Gasteiger partial charge in [-0.05, 0) is 19.1 Å². The Kier molecular flexibility index (Phi) is 3.60. The summed E-state index contributed by atoms with van der Waals surface area (Å²) in [6.07, 6.45) is 1.84. The maximum absolute atomic E-state index is 5.63. The molecule has 2 heterocycles. The van der Waals surface area contributed by atoms with E-state index in [0.717, 1.165) is 11.3 Å². The Morgan fingerprint density at radius 1 is 1.15 bits per heavy atom. The molecule has 0 fully saturated rings. The van der Waals surface area contributed by atoms with Crippen molar-refractivity contribution in [1.29, 1.82) is 0 Å². The molecule has 1 aromatic carbocycles. The molecule has 0 aliphatic heterocycles. The highest BCUT2D eigenvalue weighted by atomic mass is 79.9. The van der Waals surface area contributed by atoms with Crippen molar-refractivity contribution >= 4 is 15.9 Å². The monoisotopic (exact) mass is 333 g/mol. The summed E-state index contributed by atoms with van der Waals surface area (Å²) in [4.78, 5) is 0. The smallest absolute Gasteiger partial charge is 0.247 e. The minimum absolute atomic E-state index is 0.416. The van der Waals surface area contributed by atoms with Gasteiger partial charge in [0.15, 0.2) is 0 Å². The molecule has 0 atom stereocenters. The van der Waals surface area contributed by atoms with Crippen molar-refractivity contribution < 1.29 is 4.42 Å². The summed E-state index contributed by atoms with van der Waals surface area (Å²) >= 11 is 3.33. The van der Waals surface area contributed by atoms with Crippen LogP contribution in [0.4, 0.5) is 0 Å². The van der Waals surface area contributed by atoms with Crippen molar-refractivity contribution in [1.82, 2.24) is 25.2 Å². The van der Waals surface area contributed by atoms with Crippen LogP contribution in [0.3, 0.4) is 0 Å². The molecule has 2 aromatic heterocycles. The summed E-state index contributed by atoms with van der Waals surface area (Å²) in [7, 11) is 0. The third-order valence-electron chi connectivity index (χ3n) is 2.79. The van der Waals surface area contributed by atoms with Crippen LogP contribution in [0, 0.1) is 6.92 Å². The number of benzene rings is 1. The molecule has 0 bridgehead atoms. The number of hydrogen-bond acceptors (Lipinski definition) is 5. The fourth-order valence-corrected chi connectivity index (χ4v) is 2.00. The number of nitrogens with zero attached hydrogens (tertiary/aromatic N) is 5. The van der Waals surface area contributed by atoms with Gasteiger partial charge in [0, 0.05) is 17.1 Å². The van der Waals surface area contributed by atoms with Crippen molar-refractivity contribution in [2.75, 3.05) is 0 Å². The summed E-state index contributed by atoms with van der Waals surface area (Å²) in [5, 5.41) is 16.7. The zero-order valence-electron chi connectivity index (χ0n) is 10.8. The van der Waals surface area contributed by atoms with E-state index >= 15 is 0 Å². The Labute approximate surface area is 124 Å². The lowest BCUT2D eigenvalue weighted by Gasteiger charge is -1.96. The first-order valence-corrected chi connectivity index (χ1v) is 7.21. The maximum Gasteiger partial charge on any atom is 0.247 e. The Balaban J connectivity index is 1.78. The molecule has 0 N–H and O–H groups in total. The second kappa shape index (κ2) is 5.54. The van der Waals surface area contributed by atoms with Gasteiger partial charge in [0.05, 0.1) is 5.69 Å². The average molecular weight is 334 g/mol. The molecule has 0 aliphatic rings. The van der Waals surface area contributed by atoms with E-state index < -0.39 is 0 Å². The largest absolute Gasteiger partial charge is 0.419 e. The SMILES string of the molecule is Cc1ccc(-c2nnc(Cn3cc(CBr)nn3)o2)cc1. The van der Waals surface area contributed by atoms with Crippen LogP contribution < -0.4 is 0 Å². The fourth-order valence-electron chi connectivity index (χ4n) is 1.75. The second-order valence-electron chi connectivity index (χ2n) is 4.41. The van der Waals surface area contributed by atoms with E-state index in [4.69, 9.17) is 4.42 Å². The predicted octanol–water partition coefficient (Wildman–Crippen LogP) is 2.58. The molecule has 20 heavy (non-hydrogen) atoms. The molecule has 3 rings (SSSR count). The molecule has 0 saturated carbocycles. The molecule has 3 aromatic rings. The van der Waals surface area contributed by atoms with Gasteiger partial charge in [-0.15, -0.1) is 15.3 Å². The molecular weight excluding hydrogens is 322 g/mol. The van der Waals surface area contributed by atoms with Crippen LogP contribution in [-0.2, 0) is 11.9 Å². The van der Waals surface area contributed by atoms with Gasteiger partial charge in [-0.25, -0.2) is 4.68 Å². The summed E-state index contributed by atoms with van der Waals surface area (Å²) in [5.74, 6) is 1.02. The fraction of sp³-hybridized carbons (Fsp3) is 0.231. The molecule has 0 spiro atoms. The summed E-state index contributed by atoms with van der Waals surface area (Å²) in [6.45, 7) is 2.45. The summed E-state index contributed by atoms with van der Waals surface area (Å²) in [5.41, 5.74) is 2.97. The average Bonchev–Trinajstić information content (AvgIpc) is 3.09. The van der Waals surface area contributed by atoms with Crippen LogP contribution in [0.2, 0.25) is 0 Å². The van der Waals surface area contributed by atoms with Gasteiger partial charge in [-0.2, -0.15) is 0 Å². The van der Waals surface area contributed by atoms with Gasteiger partial charge in [0.1, 0.15) is 6.54 Å². The summed E-state index contributed by atoms with van der Waals surface area (Å²) < 4.78 is 7.30. The van der Waals surface area contributed by atoms with E-state index in [-0.39, 0.29) is 0 Å². The van der Waals surface area contributed by atoms with Crippen LogP contribution >= 0.6 is 15.9 Å². The standard InChI is InChI=1S/C13H12BrN5O/c1-9-2-4-10(5-3-9)13-17-16-12(20-13)8-19-7-11(6-14)15-18-19/h2-5,7H,6,8H2,1H3. The maximum atomic E-state index is 5.63. The van der Waals surface area contributed by atoms with Gasteiger partial charge in [-0.3, -0.25) is 0 Å². The molecule has 0 amide bonds. The first kappa shape index (κ1) is 13.0. The molecule has 0 saturated heterocycles. The summed E-state index contributed by atoms with van der Waals surface area (Å²) in [6, 6.07) is 7.95. The van der Waals surface area contributed by atoms with Crippen LogP contribution in [0.25, 0.3) is 11.5 Å². The Hall–Kier alpha value is -2.02. The van der Waals surface area contributed by atoms with Gasteiger partial charge in [0.2, 0.25) is 11.8 Å². The quantitative estimate of drug-likeness (QED) is 0.686. The Morgan fingerprint density at radius 2 is 1.95 bits per heavy atom. The number of aromatic nitrogens is 5. The van der Waals surface area contributed by atoms with Gasteiger partial charge < -0.3 is 4.42 Å². The van der Waals surface area contributed by atoms with E-state index in [0.29, 0.717) is 23.7 Å². The van der Waals surface area contributed by atoms with E-state index in [1.54, 1.807) is 4.68 Å². The highest BCUT2D eigenvalue weighted by Gasteiger charge is 2.09. The van der Waals surface area contributed by atoms with E-state index in [9.17, 15) is 0 Å². The number of alkyl halides is 1. The van der Waals surface area contributed by atoms with Gasteiger partial charge >= 0.3 is 0 Å². The minimum atomic E-state index is 0.416. The molecule has 102 valence electrons. The molecule has 0 unspecified atom stereocenters. The van der Waals surface area contributed by atoms with Crippen LogP contribution in [-0.4, -0.2) is 25.2 Å². The first-order valence-electron chi connectivity index (χ1n) is 6.09. The second-order valence-corrected chi connectivity index (χ2v) is 4.97. The van der Waals surface area contributed by atoms with E-state index in [1.807, 2.05) is 37.4 Å². The molecule has 7 heteroatoms. The Morgan fingerprint density at radius 3 is 2.65 bits per heavy atom. The zero-order chi connectivity index (χ0) is 13.9. The van der Waals surface area contributed by atoms with Crippen LogP contribution in [0.5, 0.6) is 0 Å². The highest BCUT2D eigenvalue weighted by molar-refractivity contribution is 9.08. The Bertz CT molecular complexity index is 704. The molecule has 0 radical (unpaired) electrons. The third-order valence-corrected chi connectivity index (χ3v) is 3.36. The lowest BCUT2D eigenvalue weighted by atomic mass is 10.1. The van der Waals surface area contributed by atoms with Crippen molar-refractivity contribution in [2.45, 2.75) is 18.8 Å². The van der Waals surface area contributed by atoms with Crippen LogP contribution in [0.15, 0.2) is 34.9 Å². The molecule has 6 nitrogen and oxygen atoms in total. The first-order chi connectivity index (χ1) is 9.74. The molecular formula is C13H12BrN5O. The van der Waals surface area contributed by atoms with Crippen molar-refractivity contribution in [2.24, 2.45) is 0 Å². The normalized spacial score (nSPS) is 10.9. The minimum Gasteiger partial charge on any atom is -0.419 e. The third kappa shape index (κ3) is 2.77. The number of rotatable bonds is 4. The van der Waals surface area contributed by atoms with Crippen molar-refractivity contribution in [3.63, 3.8) is 0 Å². The van der Waals surface area contributed by atoms with Gasteiger partial charge in [0.25, 0.3) is 0 Å². The highest BCUT2D eigenvalue weighted by Crippen LogP contribution is 2.18. The van der Waals surface area contributed by atoms with E-state index in [1.165, 1.54) is 5.56 Å².